The highest BCUT2D eigenvalue weighted by Crippen LogP contribution is 2.08. The van der Waals surface area contributed by atoms with Gasteiger partial charge >= 0.3 is 5.97 Å². The van der Waals surface area contributed by atoms with E-state index in [1.807, 2.05) is 6.92 Å². The third kappa shape index (κ3) is 11.0. The van der Waals surface area contributed by atoms with Crippen LogP contribution < -0.4 is 5.32 Å². The first-order valence-corrected chi connectivity index (χ1v) is 6.15. The molecule has 0 aliphatic heterocycles. The van der Waals surface area contributed by atoms with E-state index in [4.69, 9.17) is 5.11 Å². The summed E-state index contributed by atoms with van der Waals surface area (Å²) in [5.41, 5.74) is 0. The predicted octanol–water partition coefficient (Wildman–Crippen LogP) is 2.33. The molecule has 0 aromatic rings. The Bertz CT molecular complexity index is 204. The van der Waals surface area contributed by atoms with Crippen molar-refractivity contribution in [2.75, 3.05) is 6.54 Å². The van der Waals surface area contributed by atoms with Gasteiger partial charge in [0, 0.05) is 19.4 Å². The standard InChI is InChI=1S/C12H23NO3/c1-2-13-11(14)9-7-5-3-4-6-8-10-12(15)16/h2-10H2,1H3,(H,13,14)(H,15,16). The average molecular weight is 229 g/mol. The van der Waals surface area contributed by atoms with Gasteiger partial charge in [0.15, 0.2) is 0 Å². The Balaban J connectivity index is 3.09. The summed E-state index contributed by atoms with van der Waals surface area (Å²) in [4.78, 5) is 21.3. The molecule has 0 rings (SSSR count). The SMILES string of the molecule is CCNC(=O)CCCCCCCCC(=O)O. The van der Waals surface area contributed by atoms with E-state index >= 15 is 0 Å². The molecule has 0 fully saturated rings. The number of nitrogens with one attached hydrogen (secondary N) is 1. The summed E-state index contributed by atoms with van der Waals surface area (Å²) in [6.07, 6.45) is 6.80. The average Bonchev–Trinajstić information content (AvgIpc) is 2.22. The lowest BCUT2D eigenvalue weighted by Gasteiger charge is -2.02. The van der Waals surface area contributed by atoms with Gasteiger partial charge in [0.1, 0.15) is 0 Å². The molecule has 0 unspecified atom stereocenters. The third-order valence-corrected chi connectivity index (χ3v) is 2.42. The lowest BCUT2D eigenvalue weighted by molar-refractivity contribution is -0.137. The lowest BCUT2D eigenvalue weighted by atomic mass is 10.1. The second kappa shape index (κ2) is 10.5. The molecule has 2 N–H and O–H groups in total. The van der Waals surface area contributed by atoms with Crippen LogP contribution in [0.4, 0.5) is 0 Å². The Morgan fingerprint density at radius 2 is 1.44 bits per heavy atom. The van der Waals surface area contributed by atoms with Crippen LogP contribution in [0.25, 0.3) is 0 Å². The van der Waals surface area contributed by atoms with Crippen LogP contribution in [-0.4, -0.2) is 23.5 Å². The molecule has 0 aliphatic rings. The smallest absolute Gasteiger partial charge is 0.303 e. The van der Waals surface area contributed by atoms with Gasteiger partial charge in [0.2, 0.25) is 5.91 Å². The number of hydrogen-bond acceptors (Lipinski definition) is 2. The van der Waals surface area contributed by atoms with Gasteiger partial charge in [0.25, 0.3) is 0 Å². The summed E-state index contributed by atoms with van der Waals surface area (Å²) in [7, 11) is 0. The molecule has 0 bridgehead atoms. The topological polar surface area (TPSA) is 66.4 Å². The number of aliphatic carboxylic acids is 1. The molecule has 0 aromatic heterocycles. The molecule has 0 aromatic carbocycles. The first-order chi connectivity index (χ1) is 7.66. The molecular formula is C12H23NO3. The maximum atomic E-state index is 11.1. The maximum absolute atomic E-state index is 11.1. The molecule has 1 amide bonds. The van der Waals surface area contributed by atoms with Gasteiger partial charge in [-0.1, -0.05) is 25.7 Å². The quantitative estimate of drug-likeness (QED) is 0.565. The van der Waals surface area contributed by atoms with E-state index in [0.29, 0.717) is 13.0 Å². The van der Waals surface area contributed by atoms with Crippen molar-refractivity contribution in [1.82, 2.24) is 5.32 Å². The van der Waals surface area contributed by atoms with Crippen LogP contribution in [-0.2, 0) is 9.59 Å². The fourth-order valence-corrected chi connectivity index (χ4v) is 1.55. The maximum Gasteiger partial charge on any atom is 0.303 e. The van der Waals surface area contributed by atoms with E-state index in [0.717, 1.165) is 38.5 Å². The van der Waals surface area contributed by atoms with Gasteiger partial charge in [-0.25, -0.2) is 0 Å². The predicted molar refractivity (Wildman–Crippen MR) is 63.3 cm³/mol. The minimum absolute atomic E-state index is 0.133. The van der Waals surface area contributed by atoms with E-state index in [1.165, 1.54) is 0 Å². The highest BCUT2D eigenvalue weighted by molar-refractivity contribution is 5.75. The van der Waals surface area contributed by atoms with Crippen molar-refractivity contribution < 1.29 is 14.7 Å². The summed E-state index contributed by atoms with van der Waals surface area (Å²) < 4.78 is 0. The number of rotatable bonds is 10. The lowest BCUT2D eigenvalue weighted by Crippen LogP contribution is -2.21. The molecule has 0 atom stereocenters. The summed E-state index contributed by atoms with van der Waals surface area (Å²) in [5, 5.41) is 11.2. The van der Waals surface area contributed by atoms with E-state index in [2.05, 4.69) is 5.32 Å². The van der Waals surface area contributed by atoms with Gasteiger partial charge in [-0.3, -0.25) is 9.59 Å². The van der Waals surface area contributed by atoms with Crippen LogP contribution in [0.1, 0.15) is 58.3 Å². The van der Waals surface area contributed by atoms with Crippen LogP contribution in [0.2, 0.25) is 0 Å². The van der Waals surface area contributed by atoms with Crippen molar-refractivity contribution in [3.8, 4) is 0 Å². The van der Waals surface area contributed by atoms with Crippen molar-refractivity contribution in [3.05, 3.63) is 0 Å². The van der Waals surface area contributed by atoms with Crippen molar-refractivity contribution >= 4 is 11.9 Å². The highest BCUT2D eigenvalue weighted by Gasteiger charge is 1.99. The number of hydrogen-bond donors (Lipinski definition) is 2. The van der Waals surface area contributed by atoms with Gasteiger partial charge < -0.3 is 10.4 Å². The minimum Gasteiger partial charge on any atom is -0.481 e. The Labute approximate surface area is 97.4 Å². The first-order valence-electron chi connectivity index (χ1n) is 6.15. The van der Waals surface area contributed by atoms with E-state index < -0.39 is 5.97 Å². The fourth-order valence-electron chi connectivity index (χ4n) is 1.55. The highest BCUT2D eigenvalue weighted by atomic mass is 16.4. The Hall–Kier alpha value is -1.06. The summed E-state index contributed by atoms with van der Waals surface area (Å²) in [6, 6.07) is 0. The van der Waals surface area contributed by atoms with Crippen molar-refractivity contribution in [1.29, 1.82) is 0 Å². The van der Waals surface area contributed by atoms with E-state index in [9.17, 15) is 9.59 Å². The van der Waals surface area contributed by atoms with Crippen LogP contribution in [0.5, 0.6) is 0 Å². The van der Waals surface area contributed by atoms with Gasteiger partial charge in [-0.05, 0) is 19.8 Å². The molecular weight excluding hydrogens is 206 g/mol. The van der Waals surface area contributed by atoms with Gasteiger partial charge in [-0.15, -0.1) is 0 Å². The Kier molecular flexibility index (Phi) is 9.76. The van der Waals surface area contributed by atoms with Gasteiger partial charge in [0.05, 0.1) is 0 Å². The molecule has 0 aliphatic carbocycles. The number of carboxylic acids is 1. The number of carbonyl (C=O) groups is 2. The van der Waals surface area contributed by atoms with Crippen LogP contribution in [0, 0.1) is 0 Å². The largest absolute Gasteiger partial charge is 0.481 e. The number of unbranched alkanes of at least 4 members (excludes halogenated alkanes) is 5. The Morgan fingerprint density at radius 1 is 0.938 bits per heavy atom. The fraction of sp³-hybridized carbons (Fsp3) is 0.833. The molecule has 4 nitrogen and oxygen atoms in total. The third-order valence-electron chi connectivity index (χ3n) is 2.42. The van der Waals surface area contributed by atoms with Crippen LogP contribution in [0.3, 0.4) is 0 Å². The molecule has 0 radical (unpaired) electrons. The molecule has 94 valence electrons. The van der Waals surface area contributed by atoms with Crippen molar-refractivity contribution in [3.63, 3.8) is 0 Å². The zero-order chi connectivity index (χ0) is 12.2. The van der Waals surface area contributed by atoms with Crippen LogP contribution >= 0.6 is 0 Å². The second-order valence-electron chi connectivity index (χ2n) is 3.97. The van der Waals surface area contributed by atoms with Crippen LogP contribution in [0.15, 0.2) is 0 Å². The summed E-state index contributed by atoms with van der Waals surface area (Å²) in [6.45, 7) is 2.62. The zero-order valence-electron chi connectivity index (χ0n) is 10.1. The van der Waals surface area contributed by atoms with Gasteiger partial charge in [-0.2, -0.15) is 0 Å². The zero-order valence-corrected chi connectivity index (χ0v) is 10.1. The molecule has 0 spiro atoms. The molecule has 0 saturated heterocycles. The van der Waals surface area contributed by atoms with Crippen molar-refractivity contribution in [2.45, 2.75) is 58.3 Å². The molecule has 0 saturated carbocycles. The number of amides is 1. The molecule has 16 heavy (non-hydrogen) atoms. The Morgan fingerprint density at radius 3 is 1.94 bits per heavy atom. The summed E-state index contributed by atoms with van der Waals surface area (Å²) >= 11 is 0. The van der Waals surface area contributed by atoms with Crippen molar-refractivity contribution in [2.24, 2.45) is 0 Å². The normalized spacial score (nSPS) is 10.1. The monoisotopic (exact) mass is 229 g/mol. The first kappa shape index (κ1) is 14.9. The number of carbonyl (C=O) groups excluding carboxylic acids is 1. The number of carboxylic acid groups (broad SMARTS) is 1. The van der Waals surface area contributed by atoms with E-state index in [1.54, 1.807) is 0 Å². The molecule has 0 heterocycles. The second-order valence-corrected chi connectivity index (χ2v) is 3.97. The van der Waals surface area contributed by atoms with E-state index in [-0.39, 0.29) is 12.3 Å². The minimum atomic E-state index is -0.712. The molecule has 4 heteroatoms. The summed E-state index contributed by atoms with van der Waals surface area (Å²) in [5.74, 6) is -0.579.